The summed E-state index contributed by atoms with van der Waals surface area (Å²) in [5, 5.41) is 8.64. The smallest absolute Gasteiger partial charge is 0.347 e. The highest BCUT2D eigenvalue weighted by molar-refractivity contribution is 5.75. The zero-order chi connectivity index (χ0) is 13.0. The molecule has 4 nitrogen and oxygen atoms in total. The van der Waals surface area contributed by atoms with E-state index in [0.29, 0.717) is 12.2 Å². The van der Waals surface area contributed by atoms with Crippen LogP contribution in [0.3, 0.4) is 0 Å². The zero-order valence-corrected chi connectivity index (χ0v) is 10.1. The first-order valence-corrected chi connectivity index (χ1v) is 5.71. The lowest BCUT2D eigenvalue weighted by atomic mass is 10.00. The van der Waals surface area contributed by atoms with Crippen molar-refractivity contribution in [2.75, 3.05) is 13.7 Å². The minimum Gasteiger partial charge on any atom is -0.478 e. The van der Waals surface area contributed by atoms with Gasteiger partial charge < -0.3 is 14.6 Å². The molecule has 1 aliphatic rings. The van der Waals surface area contributed by atoms with Crippen LogP contribution in [0, 0.1) is 11.8 Å². The summed E-state index contributed by atoms with van der Waals surface area (Å²) in [4.78, 5) is 11.4. The highest BCUT2D eigenvalue weighted by Crippen LogP contribution is 2.28. The Morgan fingerprint density at radius 3 is 3.17 bits per heavy atom. The molecule has 0 saturated carbocycles. The summed E-state index contributed by atoms with van der Waals surface area (Å²) in [6, 6.07) is 5.53. The molecule has 1 aromatic rings. The molecule has 4 heteroatoms. The van der Waals surface area contributed by atoms with Gasteiger partial charge in [0.15, 0.2) is 6.10 Å². The monoisotopic (exact) mass is 246 g/mol. The Morgan fingerprint density at radius 1 is 1.61 bits per heavy atom. The maximum atomic E-state index is 11.4. The van der Waals surface area contributed by atoms with Gasteiger partial charge in [0.25, 0.3) is 0 Å². The van der Waals surface area contributed by atoms with Gasteiger partial charge in [0, 0.05) is 5.56 Å². The summed E-state index contributed by atoms with van der Waals surface area (Å²) >= 11 is 0. The van der Waals surface area contributed by atoms with Crippen molar-refractivity contribution in [3.05, 3.63) is 29.3 Å². The van der Waals surface area contributed by atoms with Crippen LogP contribution in [0.1, 0.15) is 17.5 Å². The van der Waals surface area contributed by atoms with Gasteiger partial charge >= 0.3 is 5.97 Å². The third kappa shape index (κ3) is 2.63. The van der Waals surface area contributed by atoms with Crippen molar-refractivity contribution in [2.45, 2.75) is 18.9 Å². The summed E-state index contributed by atoms with van der Waals surface area (Å²) in [7, 11) is 1.36. The fourth-order valence-electron chi connectivity index (χ4n) is 1.91. The number of aliphatic hydroxyl groups is 1. The molecule has 0 fully saturated rings. The topological polar surface area (TPSA) is 55.8 Å². The number of aliphatic hydroxyl groups excluding tert-OH is 1. The lowest BCUT2D eigenvalue weighted by Crippen LogP contribution is -2.32. The molecular weight excluding hydrogens is 232 g/mol. The minimum absolute atomic E-state index is 0.155. The van der Waals surface area contributed by atoms with Crippen molar-refractivity contribution < 1.29 is 19.4 Å². The number of hydrogen-bond acceptors (Lipinski definition) is 4. The van der Waals surface area contributed by atoms with Gasteiger partial charge in [0.2, 0.25) is 0 Å². The highest BCUT2D eigenvalue weighted by atomic mass is 16.6. The van der Waals surface area contributed by atoms with Gasteiger partial charge in [-0.3, -0.25) is 0 Å². The average Bonchev–Trinajstić information content (AvgIpc) is 2.43. The van der Waals surface area contributed by atoms with E-state index < -0.39 is 6.10 Å². The van der Waals surface area contributed by atoms with Crippen LogP contribution in [0.15, 0.2) is 18.2 Å². The molecule has 0 aliphatic carbocycles. The van der Waals surface area contributed by atoms with Gasteiger partial charge in [-0.1, -0.05) is 11.8 Å². The number of aryl methyl sites for hydroxylation is 1. The van der Waals surface area contributed by atoms with E-state index in [9.17, 15) is 4.79 Å². The van der Waals surface area contributed by atoms with E-state index in [0.717, 1.165) is 17.5 Å². The number of fused-ring (bicyclic) bond motifs is 1. The second kappa shape index (κ2) is 5.56. The van der Waals surface area contributed by atoms with Crippen molar-refractivity contribution >= 4 is 5.97 Å². The second-order valence-electron chi connectivity index (χ2n) is 3.95. The van der Waals surface area contributed by atoms with Gasteiger partial charge in [0.05, 0.1) is 7.11 Å². The van der Waals surface area contributed by atoms with Gasteiger partial charge in [-0.05, 0) is 36.6 Å². The molecule has 0 aromatic heterocycles. The molecule has 1 unspecified atom stereocenters. The van der Waals surface area contributed by atoms with Crippen LogP contribution in [0.25, 0.3) is 0 Å². The fraction of sp³-hybridized carbons (Fsp3) is 0.357. The van der Waals surface area contributed by atoms with Gasteiger partial charge in [0.1, 0.15) is 12.4 Å². The summed E-state index contributed by atoms with van der Waals surface area (Å²) in [5.41, 5.74) is 1.86. The predicted molar refractivity (Wildman–Crippen MR) is 65.2 cm³/mol. The van der Waals surface area contributed by atoms with Crippen molar-refractivity contribution in [3.63, 3.8) is 0 Å². The van der Waals surface area contributed by atoms with E-state index in [2.05, 4.69) is 16.6 Å². The van der Waals surface area contributed by atoms with Gasteiger partial charge in [-0.15, -0.1) is 0 Å². The standard InChI is InChI=1S/C14H14O4/c1-17-14(16)13-7-5-11-9-10(3-2-8-15)4-6-12(11)18-13/h4,6,9,13,15H,5,7-8H2,1H3. The first kappa shape index (κ1) is 12.5. The number of ether oxygens (including phenoxy) is 2. The summed E-state index contributed by atoms with van der Waals surface area (Å²) in [6.45, 7) is -0.155. The van der Waals surface area contributed by atoms with E-state index in [1.807, 2.05) is 6.07 Å². The molecule has 94 valence electrons. The Balaban J connectivity index is 2.18. The Labute approximate surface area is 106 Å². The van der Waals surface area contributed by atoms with Crippen molar-refractivity contribution in [2.24, 2.45) is 0 Å². The van der Waals surface area contributed by atoms with Crippen LogP contribution in [-0.4, -0.2) is 30.9 Å². The first-order valence-electron chi connectivity index (χ1n) is 5.71. The molecule has 0 spiro atoms. The predicted octanol–water partition coefficient (Wildman–Crippen LogP) is 0.897. The van der Waals surface area contributed by atoms with Crippen molar-refractivity contribution in [3.8, 4) is 17.6 Å². The molecule has 0 amide bonds. The fourth-order valence-corrected chi connectivity index (χ4v) is 1.91. The second-order valence-corrected chi connectivity index (χ2v) is 3.95. The van der Waals surface area contributed by atoms with Crippen LogP contribution in [0.4, 0.5) is 0 Å². The molecule has 0 bridgehead atoms. The van der Waals surface area contributed by atoms with Crippen LogP contribution < -0.4 is 4.74 Å². The van der Waals surface area contributed by atoms with Gasteiger partial charge in [-0.25, -0.2) is 4.79 Å². The highest BCUT2D eigenvalue weighted by Gasteiger charge is 2.26. The Hall–Kier alpha value is -1.99. The molecular formula is C14H14O4. The third-order valence-corrected chi connectivity index (χ3v) is 2.78. The zero-order valence-electron chi connectivity index (χ0n) is 10.1. The maximum Gasteiger partial charge on any atom is 0.347 e. The molecule has 1 aromatic carbocycles. The number of esters is 1. The number of carbonyl (C=O) groups is 1. The lowest BCUT2D eigenvalue weighted by molar-refractivity contribution is -0.149. The maximum absolute atomic E-state index is 11.4. The van der Waals surface area contributed by atoms with Crippen LogP contribution in [0.2, 0.25) is 0 Å². The Bertz CT molecular complexity index is 510. The number of rotatable bonds is 1. The number of methoxy groups -OCH3 is 1. The Kier molecular flexibility index (Phi) is 3.85. The minimum atomic E-state index is -0.517. The quantitative estimate of drug-likeness (QED) is 0.591. The molecule has 1 N–H and O–H groups in total. The molecule has 0 radical (unpaired) electrons. The molecule has 1 heterocycles. The summed E-state index contributed by atoms with van der Waals surface area (Å²) in [5.74, 6) is 5.80. The van der Waals surface area contributed by atoms with Crippen LogP contribution >= 0.6 is 0 Å². The largest absolute Gasteiger partial charge is 0.478 e. The van der Waals surface area contributed by atoms with E-state index in [1.54, 1.807) is 12.1 Å². The third-order valence-electron chi connectivity index (χ3n) is 2.78. The van der Waals surface area contributed by atoms with E-state index in [-0.39, 0.29) is 12.6 Å². The molecule has 2 rings (SSSR count). The molecule has 0 saturated heterocycles. The average molecular weight is 246 g/mol. The van der Waals surface area contributed by atoms with Crippen molar-refractivity contribution in [1.82, 2.24) is 0 Å². The van der Waals surface area contributed by atoms with E-state index in [4.69, 9.17) is 9.84 Å². The summed E-state index contributed by atoms with van der Waals surface area (Å²) < 4.78 is 10.2. The first-order chi connectivity index (χ1) is 8.74. The van der Waals surface area contributed by atoms with Gasteiger partial charge in [-0.2, -0.15) is 0 Å². The number of carbonyl (C=O) groups excluding carboxylic acids is 1. The lowest BCUT2D eigenvalue weighted by Gasteiger charge is -2.24. The Morgan fingerprint density at radius 2 is 2.44 bits per heavy atom. The van der Waals surface area contributed by atoms with E-state index in [1.165, 1.54) is 7.11 Å². The van der Waals surface area contributed by atoms with E-state index >= 15 is 0 Å². The molecule has 1 atom stereocenters. The number of hydrogen-bond donors (Lipinski definition) is 1. The molecule has 1 aliphatic heterocycles. The normalized spacial score (nSPS) is 16.9. The SMILES string of the molecule is COC(=O)C1CCc2cc(C#CCO)ccc2O1. The molecule has 18 heavy (non-hydrogen) atoms. The van der Waals surface area contributed by atoms with Crippen LogP contribution in [-0.2, 0) is 16.0 Å². The van der Waals surface area contributed by atoms with Crippen molar-refractivity contribution in [1.29, 1.82) is 0 Å². The number of benzene rings is 1. The summed E-state index contributed by atoms with van der Waals surface area (Å²) in [6.07, 6.45) is 0.845. The van der Waals surface area contributed by atoms with Crippen LogP contribution in [0.5, 0.6) is 5.75 Å².